The van der Waals surface area contributed by atoms with Crippen LogP contribution in [0.1, 0.15) is 11.1 Å². The third-order valence-electron chi connectivity index (χ3n) is 3.76. The minimum atomic E-state index is -4.86. The molecule has 0 saturated carbocycles. The Morgan fingerprint density at radius 1 is 0.852 bits per heavy atom. The Labute approximate surface area is 154 Å². The molecule has 0 atom stereocenters. The highest BCUT2D eigenvalue weighted by Gasteiger charge is 2.32. The van der Waals surface area contributed by atoms with Crippen molar-refractivity contribution >= 4 is 0 Å². The van der Waals surface area contributed by atoms with Crippen molar-refractivity contribution in [2.75, 3.05) is 0 Å². The molecular formula is C21H14F3NO2. The van der Waals surface area contributed by atoms with Gasteiger partial charge in [0.1, 0.15) is 24.2 Å². The molecule has 0 aromatic heterocycles. The zero-order valence-corrected chi connectivity index (χ0v) is 14.0. The Balaban J connectivity index is 1.76. The first-order valence-corrected chi connectivity index (χ1v) is 8.02. The van der Waals surface area contributed by atoms with E-state index in [-0.39, 0.29) is 5.56 Å². The molecule has 3 nitrogen and oxygen atoms in total. The van der Waals surface area contributed by atoms with Gasteiger partial charge in [0.2, 0.25) is 0 Å². The number of alkyl halides is 3. The van der Waals surface area contributed by atoms with Gasteiger partial charge in [0, 0.05) is 0 Å². The second kappa shape index (κ2) is 7.83. The summed E-state index contributed by atoms with van der Waals surface area (Å²) < 4.78 is 47.2. The zero-order chi connectivity index (χ0) is 19.3. The van der Waals surface area contributed by atoms with Gasteiger partial charge in [-0.1, -0.05) is 48.5 Å². The largest absolute Gasteiger partial charge is 0.573 e. The summed E-state index contributed by atoms with van der Waals surface area (Å²) >= 11 is 0. The quantitative estimate of drug-likeness (QED) is 0.579. The van der Waals surface area contributed by atoms with E-state index in [1.54, 1.807) is 36.4 Å². The number of benzene rings is 3. The lowest BCUT2D eigenvalue weighted by Gasteiger charge is -2.12. The first kappa shape index (κ1) is 18.3. The van der Waals surface area contributed by atoms with Gasteiger partial charge < -0.3 is 9.47 Å². The molecule has 3 aromatic carbocycles. The van der Waals surface area contributed by atoms with Crippen molar-refractivity contribution in [2.24, 2.45) is 0 Å². The molecule has 0 aliphatic rings. The maximum Gasteiger partial charge on any atom is 0.573 e. The number of ether oxygens (including phenoxy) is 2. The van der Waals surface area contributed by atoms with Crippen LogP contribution in [-0.2, 0) is 6.61 Å². The Bertz CT molecular complexity index is 946. The number of nitrogens with zero attached hydrogens (tertiary/aromatic N) is 1. The van der Waals surface area contributed by atoms with Crippen LogP contribution in [0.25, 0.3) is 11.1 Å². The molecule has 6 heteroatoms. The van der Waals surface area contributed by atoms with E-state index in [2.05, 4.69) is 4.74 Å². The lowest BCUT2D eigenvalue weighted by molar-refractivity contribution is -0.274. The normalized spacial score (nSPS) is 10.9. The molecule has 0 amide bonds. The minimum absolute atomic E-state index is 0.182. The van der Waals surface area contributed by atoms with Crippen molar-refractivity contribution in [1.29, 1.82) is 5.26 Å². The van der Waals surface area contributed by atoms with Crippen molar-refractivity contribution in [3.05, 3.63) is 83.9 Å². The van der Waals surface area contributed by atoms with Crippen LogP contribution in [0.4, 0.5) is 13.2 Å². The van der Waals surface area contributed by atoms with Crippen LogP contribution in [0.5, 0.6) is 11.5 Å². The molecule has 3 aromatic rings. The highest BCUT2D eigenvalue weighted by atomic mass is 19.4. The van der Waals surface area contributed by atoms with Gasteiger partial charge in [-0.25, -0.2) is 0 Å². The van der Waals surface area contributed by atoms with Gasteiger partial charge in [0.05, 0.1) is 5.56 Å². The summed E-state index contributed by atoms with van der Waals surface area (Å²) in [6, 6.07) is 22.4. The SMILES string of the molecule is N#Cc1ccc(-c2ccc(OCc3ccccc3)cc2)cc1OC(F)(F)F. The second-order valence-electron chi connectivity index (χ2n) is 5.67. The predicted octanol–water partition coefficient (Wildman–Crippen LogP) is 5.70. The van der Waals surface area contributed by atoms with Crippen LogP contribution in [0.3, 0.4) is 0 Å². The fraction of sp³-hybridized carbons (Fsp3) is 0.0952. The van der Waals surface area contributed by atoms with Crippen LogP contribution >= 0.6 is 0 Å². The molecular weight excluding hydrogens is 355 g/mol. The molecule has 0 aliphatic heterocycles. The molecule has 3 rings (SSSR count). The Morgan fingerprint density at radius 2 is 1.52 bits per heavy atom. The van der Waals surface area contributed by atoms with Crippen LogP contribution < -0.4 is 9.47 Å². The summed E-state index contributed by atoms with van der Waals surface area (Å²) in [5, 5.41) is 8.95. The average Bonchev–Trinajstić information content (AvgIpc) is 2.66. The molecule has 0 N–H and O–H groups in total. The van der Waals surface area contributed by atoms with Crippen molar-refractivity contribution in [3.63, 3.8) is 0 Å². The van der Waals surface area contributed by atoms with E-state index in [1.807, 2.05) is 30.3 Å². The first-order valence-electron chi connectivity index (χ1n) is 8.02. The second-order valence-corrected chi connectivity index (χ2v) is 5.67. The molecule has 0 saturated heterocycles. The van der Waals surface area contributed by atoms with E-state index in [4.69, 9.17) is 10.00 Å². The number of hydrogen-bond donors (Lipinski definition) is 0. The van der Waals surface area contributed by atoms with Crippen molar-refractivity contribution in [2.45, 2.75) is 13.0 Å². The first-order chi connectivity index (χ1) is 12.9. The van der Waals surface area contributed by atoms with Gasteiger partial charge >= 0.3 is 6.36 Å². The molecule has 0 radical (unpaired) electrons. The van der Waals surface area contributed by atoms with Crippen LogP contribution in [0, 0.1) is 11.3 Å². The lowest BCUT2D eigenvalue weighted by Crippen LogP contribution is -2.17. The smallest absolute Gasteiger partial charge is 0.489 e. The molecule has 0 bridgehead atoms. The number of hydrogen-bond acceptors (Lipinski definition) is 3. The fourth-order valence-corrected chi connectivity index (χ4v) is 2.49. The van der Waals surface area contributed by atoms with Crippen molar-refractivity contribution in [3.8, 4) is 28.7 Å². The van der Waals surface area contributed by atoms with Crippen LogP contribution in [0.15, 0.2) is 72.8 Å². The highest BCUT2D eigenvalue weighted by molar-refractivity contribution is 5.67. The van der Waals surface area contributed by atoms with Gasteiger partial charge in [-0.3, -0.25) is 0 Å². The summed E-state index contributed by atoms with van der Waals surface area (Å²) in [6.07, 6.45) is -4.86. The van der Waals surface area contributed by atoms with Gasteiger partial charge in [-0.2, -0.15) is 5.26 Å². The van der Waals surface area contributed by atoms with E-state index in [1.165, 1.54) is 12.1 Å². The van der Waals surface area contributed by atoms with Crippen LogP contribution in [-0.4, -0.2) is 6.36 Å². The third-order valence-corrected chi connectivity index (χ3v) is 3.76. The zero-order valence-electron chi connectivity index (χ0n) is 14.0. The van der Waals surface area contributed by atoms with Gasteiger partial charge in [-0.05, 0) is 41.0 Å². The maximum absolute atomic E-state index is 12.5. The van der Waals surface area contributed by atoms with E-state index in [0.717, 1.165) is 5.56 Å². The van der Waals surface area contributed by atoms with E-state index >= 15 is 0 Å². The van der Waals surface area contributed by atoms with Crippen molar-refractivity contribution in [1.82, 2.24) is 0 Å². The molecule has 27 heavy (non-hydrogen) atoms. The van der Waals surface area contributed by atoms with E-state index in [0.29, 0.717) is 23.5 Å². The summed E-state index contributed by atoms with van der Waals surface area (Å²) in [6.45, 7) is 0.417. The predicted molar refractivity (Wildman–Crippen MR) is 94.1 cm³/mol. The third kappa shape index (κ3) is 5.02. The summed E-state index contributed by atoms with van der Waals surface area (Å²) in [4.78, 5) is 0. The minimum Gasteiger partial charge on any atom is -0.489 e. The molecule has 0 heterocycles. The van der Waals surface area contributed by atoms with E-state index in [9.17, 15) is 13.2 Å². The topological polar surface area (TPSA) is 42.2 Å². The van der Waals surface area contributed by atoms with Gasteiger partial charge in [0.15, 0.2) is 0 Å². The molecule has 0 fully saturated rings. The molecule has 0 aliphatic carbocycles. The maximum atomic E-state index is 12.5. The molecule has 0 unspecified atom stereocenters. The summed E-state index contributed by atoms with van der Waals surface area (Å²) in [5.74, 6) is 0.120. The number of nitriles is 1. The Hall–Kier alpha value is -3.46. The van der Waals surface area contributed by atoms with Crippen molar-refractivity contribution < 1.29 is 22.6 Å². The Kier molecular flexibility index (Phi) is 5.32. The lowest BCUT2D eigenvalue weighted by atomic mass is 10.0. The number of rotatable bonds is 5. The number of halogens is 3. The molecule has 0 spiro atoms. The van der Waals surface area contributed by atoms with E-state index < -0.39 is 12.1 Å². The van der Waals surface area contributed by atoms with Gasteiger partial charge in [0.25, 0.3) is 0 Å². The molecule has 136 valence electrons. The Morgan fingerprint density at radius 3 is 2.15 bits per heavy atom. The summed E-state index contributed by atoms with van der Waals surface area (Å²) in [5.41, 5.74) is 2.03. The fourth-order valence-electron chi connectivity index (χ4n) is 2.49. The average molecular weight is 369 g/mol. The highest BCUT2D eigenvalue weighted by Crippen LogP contribution is 2.31. The van der Waals surface area contributed by atoms with Crippen LogP contribution in [0.2, 0.25) is 0 Å². The monoisotopic (exact) mass is 369 g/mol. The summed E-state index contributed by atoms with van der Waals surface area (Å²) in [7, 11) is 0. The standard InChI is InChI=1S/C21H14F3NO2/c22-21(23,24)27-20-12-17(6-7-18(20)13-25)16-8-10-19(11-9-16)26-14-15-4-2-1-3-5-15/h1-12H,14H2. The van der Waals surface area contributed by atoms with Gasteiger partial charge in [-0.15, -0.1) is 13.2 Å².